The molecule has 14 amide bonds. The Kier molecular flexibility index (Phi) is 44.6. The molecule has 4 aromatic rings. The fraction of sp³-hybridized carbons (Fsp3) is 0.609. The average Bonchev–Trinajstić information content (AvgIpc) is 1.65. The highest BCUT2D eigenvalue weighted by Gasteiger charge is 2.44. The van der Waals surface area contributed by atoms with E-state index in [1.54, 1.807) is 55.6 Å². The summed E-state index contributed by atoms with van der Waals surface area (Å²) >= 11 is 0. The minimum atomic E-state index is -1.88. The number of carbonyl (C=O) groups is 15. The summed E-state index contributed by atoms with van der Waals surface area (Å²) in [7, 11) is 0. The lowest BCUT2D eigenvalue weighted by Gasteiger charge is -2.31. The number of tetrazole rings is 1. The van der Waals surface area contributed by atoms with Crippen molar-refractivity contribution >= 4 is 112 Å². The number of nitrogens with zero attached hydrogens (tertiary/aromatic N) is 5. The lowest BCUT2D eigenvalue weighted by Crippen LogP contribution is -2.61. The maximum absolute atomic E-state index is 15.3. The van der Waals surface area contributed by atoms with Gasteiger partial charge < -0.3 is 106 Å². The number of aryl methyl sites for hydroxylation is 1. The second kappa shape index (κ2) is 55.5. The minimum Gasteiger partial charge on any atom is -0.394 e. The summed E-state index contributed by atoms with van der Waals surface area (Å²) in [5, 5.41) is 86.4. The van der Waals surface area contributed by atoms with Gasteiger partial charge in [-0.3, -0.25) is 82.3 Å². The number of rotatable bonds is 48. The molecule has 3 aliphatic heterocycles. The zero-order valence-electron chi connectivity index (χ0n) is 73.2. The third-order valence-corrected chi connectivity index (χ3v) is 22.7. The van der Waals surface area contributed by atoms with Gasteiger partial charge in [-0.2, -0.15) is 0 Å². The van der Waals surface area contributed by atoms with Crippen LogP contribution in [0.3, 0.4) is 0 Å². The Balaban J connectivity index is 1.02. The number of H-pyrrole nitrogens is 2. The second-order valence-electron chi connectivity index (χ2n) is 33.0. The topological polar surface area (TPSA) is 649 Å². The summed E-state index contributed by atoms with van der Waals surface area (Å²) in [6.07, 6.45) is 15.4. The summed E-state index contributed by atoms with van der Waals surface area (Å²) < 4.78 is 0. The van der Waals surface area contributed by atoms with Gasteiger partial charge in [0.25, 0.3) is 0 Å². The number of hydrogen-bond donors (Lipinski definition) is 21. The smallest absolute Gasteiger partial charge is 0.245 e. The number of primary amides is 2. The van der Waals surface area contributed by atoms with Crippen LogP contribution >= 0.6 is 0 Å². The molecule has 2 saturated heterocycles. The van der Waals surface area contributed by atoms with Crippen molar-refractivity contribution in [3.05, 3.63) is 89.5 Å². The van der Waals surface area contributed by atoms with Crippen molar-refractivity contribution in [2.24, 2.45) is 22.2 Å². The van der Waals surface area contributed by atoms with Gasteiger partial charge in [0, 0.05) is 106 Å². The third-order valence-electron chi connectivity index (χ3n) is 22.7. The van der Waals surface area contributed by atoms with E-state index in [-0.39, 0.29) is 102 Å². The van der Waals surface area contributed by atoms with E-state index in [1.807, 2.05) is 18.2 Å². The molecule has 24 N–H and O–H groups in total. The van der Waals surface area contributed by atoms with Crippen molar-refractivity contribution in [2.75, 3.05) is 26.2 Å². The molecule has 128 heavy (non-hydrogen) atoms. The first-order valence-corrected chi connectivity index (χ1v) is 44.8. The number of aromatic amines is 2. The van der Waals surface area contributed by atoms with Crippen molar-refractivity contribution < 1.29 is 87.2 Å². The van der Waals surface area contributed by atoms with E-state index in [2.05, 4.69) is 94.4 Å². The molecule has 7 rings (SSSR count). The number of hydrogen-bond acceptors (Lipinski definition) is 23. The number of carbonyl (C=O) groups excluding carboxylic acids is 15. The van der Waals surface area contributed by atoms with E-state index in [0.717, 1.165) is 73.0 Å². The van der Waals surface area contributed by atoms with Crippen molar-refractivity contribution in [2.45, 2.75) is 311 Å². The first-order chi connectivity index (χ1) is 61.5. The molecule has 2 aromatic carbocycles. The molecular weight excluding hydrogens is 1660 g/mol. The molecule has 0 aliphatic carbocycles. The van der Waals surface area contributed by atoms with E-state index in [0.29, 0.717) is 36.8 Å². The highest BCUT2D eigenvalue weighted by atomic mass is 16.3. The highest BCUT2D eigenvalue weighted by molar-refractivity contribution is 6.01. The molecule has 5 heterocycles. The lowest BCUT2D eigenvalue weighted by atomic mass is 10.00. The number of amides is 14. The Bertz CT molecular complexity index is 4390. The Labute approximate surface area is 744 Å². The van der Waals surface area contributed by atoms with Gasteiger partial charge in [-0.25, -0.2) is 5.10 Å². The number of para-hydroxylation sites is 1. The van der Waals surface area contributed by atoms with Crippen LogP contribution in [-0.4, -0.2) is 251 Å². The van der Waals surface area contributed by atoms with Crippen molar-refractivity contribution in [1.82, 2.24) is 94.3 Å². The van der Waals surface area contributed by atoms with Crippen LogP contribution in [-0.2, 0) is 91.2 Å². The number of guanidine groups is 1. The number of aliphatic hydroxyl groups excluding tert-OH is 3. The molecule has 41 nitrogen and oxygen atoms in total. The molecule has 3 aliphatic rings. The molecular formula is C87H131N23O18. The molecule has 0 radical (unpaired) electrons. The largest absolute Gasteiger partial charge is 0.394 e. The number of aromatic nitrogens is 5. The Morgan fingerprint density at radius 3 is 1.90 bits per heavy atom. The van der Waals surface area contributed by atoms with E-state index >= 15 is 14.4 Å². The molecule has 0 spiro atoms. The number of nitrogens with one attached hydrogen (secondary N) is 15. The van der Waals surface area contributed by atoms with E-state index < -0.39 is 213 Å². The predicted octanol–water partition coefficient (Wildman–Crippen LogP) is -0.264. The Morgan fingerprint density at radius 1 is 0.625 bits per heavy atom. The lowest BCUT2D eigenvalue weighted by molar-refractivity contribution is -0.143. The van der Waals surface area contributed by atoms with Crippen LogP contribution in [0.4, 0.5) is 0 Å². The van der Waals surface area contributed by atoms with Crippen LogP contribution in [0.1, 0.15) is 230 Å². The van der Waals surface area contributed by atoms with Crippen molar-refractivity contribution in [3.63, 3.8) is 0 Å². The summed E-state index contributed by atoms with van der Waals surface area (Å²) in [5.74, 6) is -13.0. The summed E-state index contributed by atoms with van der Waals surface area (Å²) in [5.41, 5.74) is 19.1. The van der Waals surface area contributed by atoms with Gasteiger partial charge in [-0.15, -0.1) is 5.10 Å². The van der Waals surface area contributed by atoms with Crippen LogP contribution < -0.4 is 81.0 Å². The summed E-state index contributed by atoms with van der Waals surface area (Å²) in [4.78, 5) is 221. The second-order valence-corrected chi connectivity index (χ2v) is 33.0. The van der Waals surface area contributed by atoms with E-state index in [9.17, 15) is 72.9 Å². The Morgan fingerprint density at radius 2 is 1.24 bits per heavy atom. The maximum atomic E-state index is 15.3. The molecule has 13 atom stereocenters. The first kappa shape index (κ1) is 103. The minimum absolute atomic E-state index is 0.00318. The predicted molar refractivity (Wildman–Crippen MR) is 471 cm³/mol. The molecule has 702 valence electrons. The van der Waals surface area contributed by atoms with E-state index in [4.69, 9.17) is 22.6 Å². The van der Waals surface area contributed by atoms with Crippen LogP contribution in [0, 0.1) is 5.41 Å². The number of fused-ring (bicyclic) bond motifs is 2. The van der Waals surface area contributed by atoms with Gasteiger partial charge in [0.2, 0.25) is 82.7 Å². The molecule has 0 saturated carbocycles. The number of Topliss-reactive ketones (excluding diaryl/α,β-unsaturated/α-hetero) is 1. The third kappa shape index (κ3) is 36.3. The average molecular weight is 1790 g/mol. The zero-order valence-corrected chi connectivity index (χ0v) is 73.2. The van der Waals surface area contributed by atoms with Gasteiger partial charge in [0.1, 0.15) is 78.1 Å². The van der Waals surface area contributed by atoms with Crippen LogP contribution in [0.25, 0.3) is 10.9 Å². The van der Waals surface area contributed by atoms with Crippen molar-refractivity contribution in [1.29, 1.82) is 5.41 Å². The van der Waals surface area contributed by atoms with Gasteiger partial charge in [0.15, 0.2) is 5.96 Å². The summed E-state index contributed by atoms with van der Waals surface area (Å²) in [6, 6.07) is -1.71. The SMILES string of the molecule is CCCC[C@H](NC(=O)[C@H](CO)NC(=O)[C@H](CC1=CCC=N1)NC(=O)[C@H](CCC(N)=O)NC(=O)[C@@H](NC(=O)CNC(=O)CCCCCCCCCCCCCCCc1nnn[nH]1)[C@@H](C)O)C(=O)N[C@H]1CCC(=O)CCCCC[C@@H](C(N)=O)NC(=O)[C@H](Cc2c[nH]c3ccccc23)NC(=O)[C@H](CCCNC(=N)N)NC(=O)[C@@H](Cc2ccccc2)NC(=O)[C@@H]2C[C@@H](O)CN2C1=O. The van der Waals surface area contributed by atoms with Gasteiger partial charge in [-0.1, -0.05) is 158 Å². The van der Waals surface area contributed by atoms with Gasteiger partial charge in [-0.05, 0) is 92.3 Å². The quantitative estimate of drug-likeness (QED) is 0.0154. The molecule has 2 fully saturated rings. The number of nitrogens with two attached hydrogens (primary N) is 3. The highest BCUT2D eigenvalue weighted by Crippen LogP contribution is 2.25. The number of aliphatic imine (C=N–C) groups is 1. The van der Waals surface area contributed by atoms with Crippen LogP contribution in [0.5, 0.6) is 0 Å². The Hall–Kier alpha value is -12.1. The number of benzene rings is 2. The maximum Gasteiger partial charge on any atom is 0.245 e. The van der Waals surface area contributed by atoms with Crippen LogP contribution in [0.2, 0.25) is 0 Å². The fourth-order valence-corrected chi connectivity index (χ4v) is 15.4. The zero-order chi connectivity index (χ0) is 92.9. The van der Waals surface area contributed by atoms with Gasteiger partial charge >= 0.3 is 0 Å². The van der Waals surface area contributed by atoms with Crippen LogP contribution in [0.15, 0.2) is 77.6 Å². The molecule has 0 unspecified atom stereocenters. The fourth-order valence-electron chi connectivity index (χ4n) is 15.4. The van der Waals surface area contributed by atoms with Gasteiger partial charge in [0.05, 0.1) is 25.4 Å². The number of unbranched alkanes of at least 4 members (excludes halogenated alkanes) is 13. The number of aliphatic hydroxyl groups is 3. The number of ketones is 1. The molecule has 2 aromatic heterocycles. The van der Waals surface area contributed by atoms with Crippen molar-refractivity contribution in [3.8, 4) is 0 Å². The molecule has 0 bridgehead atoms. The van der Waals surface area contributed by atoms with E-state index in [1.165, 1.54) is 45.2 Å². The first-order valence-electron chi connectivity index (χ1n) is 44.8. The summed E-state index contributed by atoms with van der Waals surface area (Å²) in [6.45, 7) is 0.843. The number of allylic oxidation sites excluding steroid dienone is 1. The molecule has 41 heteroatoms. The standard InChI is InChI=1S/C87H131N23O18/c1-3-4-33-62(98-83(125)69(52-111)104-82(124)68(47-56-30-26-43-92-56)102-79(121)64(41-42-71(88)115)99-85(127)75(53(2)112)105-74(117)50-95-73(116)38-23-15-13-11-9-7-5-6-8-10-12-14-22-37-72-106-108-109-107-72)77(119)100-65-40-39-57(113)31-20-17-21-35-61(76(89)118)96-81(123)67(46-55-49-94-60-34-25-24-32-59(55)60)101-78(120)63(36-27-44-93-87(90)91)97-80(122)66(45-54-28-18-16-19-29-54)103-84(126)70-48-58(114)51-110(70)86(65)128/h16,18-19,24-25,28-30,32,34,43,49,53,58,61-70,75,94,111-112,114H,3-15,17,20-23,26-27,31,33,35-42,44-48,50-52H2,1-2H3,(H2,88,115)(H2,89,118)(H,95,116)(H,96,123)(H,97,122)(H,98,125)(H,99,127)(H,100,119)(H,101,120)(H,102,121)(H,103,126)(H,104,124)(H,105,117)(H4,90,91,93)(H,106,107,108,109)/t53-,58-,61+,62+,63+,64+,65+,66-,67+,68+,69+,70+,75+/m1/s1. The monoisotopic (exact) mass is 1790 g/mol. The normalized spacial score (nSPS) is 20.0.